The molecule has 0 saturated heterocycles. The first-order chi connectivity index (χ1) is 11.2. The average Bonchev–Trinajstić information content (AvgIpc) is 2.88. The van der Waals surface area contributed by atoms with E-state index in [1.54, 1.807) is 0 Å². The molecule has 7 heteroatoms. The van der Waals surface area contributed by atoms with E-state index in [9.17, 15) is 13.2 Å². The van der Waals surface area contributed by atoms with Crippen molar-refractivity contribution in [3.63, 3.8) is 0 Å². The second kappa shape index (κ2) is 5.79. The molecule has 0 aliphatic heterocycles. The van der Waals surface area contributed by atoms with Crippen molar-refractivity contribution in [3.8, 4) is 11.3 Å². The maximum Gasteiger partial charge on any atom is 0.419 e. The molecule has 2 aromatic heterocycles. The van der Waals surface area contributed by atoms with Gasteiger partial charge in [-0.15, -0.1) is 0 Å². The lowest BCUT2D eigenvalue weighted by Gasteiger charge is -2.35. The molecule has 1 saturated carbocycles. The molecule has 2 heterocycles. The van der Waals surface area contributed by atoms with Gasteiger partial charge in [0, 0.05) is 29.9 Å². The lowest BCUT2D eigenvalue weighted by atomic mass is 9.81. The number of pyridine rings is 1. The van der Waals surface area contributed by atoms with Crippen LogP contribution in [-0.2, 0) is 6.18 Å². The molecule has 130 valence electrons. The summed E-state index contributed by atoms with van der Waals surface area (Å²) in [4.78, 5) is 8.28. The number of anilines is 1. The van der Waals surface area contributed by atoms with Crippen molar-refractivity contribution < 1.29 is 13.2 Å². The molecule has 24 heavy (non-hydrogen) atoms. The largest absolute Gasteiger partial charge is 0.419 e. The molecular formula is C17H21F3N4. The Hall–Kier alpha value is -2.05. The second-order valence-electron chi connectivity index (χ2n) is 6.93. The molecule has 0 amide bonds. The Morgan fingerprint density at radius 2 is 1.96 bits per heavy atom. The van der Waals surface area contributed by atoms with Gasteiger partial charge >= 0.3 is 6.18 Å². The normalized spacial score (nSPS) is 21.1. The fraction of sp³-hybridized carbons (Fsp3) is 0.529. The number of nitrogens with zero attached hydrogens (tertiary/aromatic N) is 3. The Bertz CT molecular complexity index is 743. The van der Waals surface area contributed by atoms with Crippen LogP contribution >= 0.6 is 0 Å². The highest BCUT2D eigenvalue weighted by Gasteiger charge is 2.35. The van der Waals surface area contributed by atoms with Crippen LogP contribution < -0.4 is 5.73 Å². The van der Waals surface area contributed by atoms with Crippen LogP contribution in [0.1, 0.15) is 57.0 Å². The minimum Gasteiger partial charge on any atom is -0.383 e. The van der Waals surface area contributed by atoms with Crippen molar-refractivity contribution in [2.24, 2.45) is 5.92 Å². The summed E-state index contributed by atoms with van der Waals surface area (Å²) in [5, 5.41) is 0. The van der Waals surface area contributed by atoms with Crippen LogP contribution in [0.15, 0.2) is 18.5 Å². The van der Waals surface area contributed by atoms with Crippen molar-refractivity contribution in [3.05, 3.63) is 29.8 Å². The van der Waals surface area contributed by atoms with Gasteiger partial charge in [0.2, 0.25) is 0 Å². The van der Waals surface area contributed by atoms with Crippen LogP contribution in [0, 0.1) is 5.92 Å². The molecule has 0 spiro atoms. The van der Waals surface area contributed by atoms with Crippen LogP contribution in [0.4, 0.5) is 19.0 Å². The summed E-state index contributed by atoms with van der Waals surface area (Å²) in [6, 6.07) is 1.41. The van der Waals surface area contributed by atoms with Gasteiger partial charge in [0.15, 0.2) is 0 Å². The molecule has 0 aromatic carbocycles. The van der Waals surface area contributed by atoms with E-state index in [0.29, 0.717) is 23.2 Å². The van der Waals surface area contributed by atoms with E-state index in [0.717, 1.165) is 24.7 Å². The van der Waals surface area contributed by atoms with E-state index in [1.165, 1.54) is 6.20 Å². The first-order valence-electron chi connectivity index (χ1n) is 8.08. The average molecular weight is 338 g/mol. The van der Waals surface area contributed by atoms with Crippen LogP contribution in [0.3, 0.4) is 0 Å². The van der Waals surface area contributed by atoms with Gasteiger partial charge in [-0.3, -0.25) is 0 Å². The molecule has 1 aliphatic rings. The number of alkyl halides is 3. The number of hydrogen-bond acceptors (Lipinski definition) is 3. The molecule has 4 nitrogen and oxygen atoms in total. The summed E-state index contributed by atoms with van der Waals surface area (Å²) >= 11 is 0. The zero-order valence-corrected chi connectivity index (χ0v) is 13.9. The SMILES string of the molecule is CC1CC(n2cc(-c3cnc(N)c(C(F)(F)F)c3)nc2C(C)C)C1. The summed E-state index contributed by atoms with van der Waals surface area (Å²) in [6.07, 6.45) is 0.816. The number of imidazole rings is 1. The maximum absolute atomic E-state index is 13.0. The lowest BCUT2D eigenvalue weighted by molar-refractivity contribution is -0.137. The molecule has 3 rings (SSSR count). The quantitative estimate of drug-likeness (QED) is 0.887. The minimum absolute atomic E-state index is 0.193. The molecular weight excluding hydrogens is 317 g/mol. The van der Waals surface area contributed by atoms with Crippen LogP contribution in [-0.4, -0.2) is 14.5 Å². The third kappa shape index (κ3) is 2.99. The highest BCUT2D eigenvalue weighted by molar-refractivity contribution is 5.62. The Kier molecular flexibility index (Phi) is 4.05. The molecule has 1 aliphatic carbocycles. The predicted octanol–water partition coefficient (Wildman–Crippen LogP) is 4.64. The Balaban J connectivity index is 2.02. The monoisotopic (exact) mass is 338 g/mol. The number of rotatable bonds is 3. The van der Waals surface area contributed by atoms with E-state index in [4.69, 9.17) is 5.73 Å². The second-order valence-corrected chi connectivity index (χ2v) is 6.93. The summed E-state index contributed by atoms with van der Waals surface area (Å²) in [5.41, 5.74) is 5.30. The zero-order chi connectivity index (χ0) is 17.6. The standard InChI is InChI=1S/C17H21F3N4/c1-9(2)16-23-14(8-24(16)12-4-10(3)5-12)11-6-13(17(18,19)20)15(21)22-7-11/h6-10,12H,4-5H2,1-3H3,(H2,21,22). The van der Waals surface area contributed by atoms with Crippen LogP contribution in [0.25, 0.3) is 11.3 Å². The Morgan fingerprint density at radius 3 is 2.50 bits per heavy atom. The smallest absolute Gasteiger partial charge is 0.383 e. The highest BCUT2D eigenvalue weighted by Crippen LogP contribution is 2.40. The Morgan fingerprint density at radius 1 is 1.29 bits per heavy atom. The molecule has 0 bridgehead atoms. The fourth-order valence-electron chi connectivity index (χ4n) is 3.20. The molecule has 0 atom stereocenters. The molecule has 1 fully saturated rings. The fourth-order valence-corrected chi connectivity index (χ4v) is 3.20. The van der Waals surface area contributed by atoms with Gasteiger partial charge in [-0.1, -0.05) is 20.8 Å². The van der Waals surface area contributed by atoms with Gasteiger partial charge in [0.05, 0.1) is 11.3 Å². The summed E-state index contributed by atoms with van der Waals surface area (Å²) in [7, 11) is 0. The van der Waals surface area contributed by atoms with Crippen molar-refractivity contribution in [2.45, 2.75) is 51.7 Å². The maximum atomic E-state index is 13.0. The van der Waals surface area contributed by atoms with Gasteiger partial charge in [-0.25, -0.2) is 9.97 Å². The van der Waals surface area contributed by atoms with Gasteiger partial charge in [-0.05, 0) is 24.8 Å². The van der Waals surface area contributed by atoms with E-state index in [-0.39, 0.29) is 5.92 Å². The van der Waals surface area contributed by atoms with Crippen molar-refractivity contribution in [1.82, 2.24) is 14.5 Å². The van der Waals surface area contributed by atoms with E-state index >= 15 is 0 Å². The first-order valence-corrected chi connectivity index (χ1v) is 8.08. The van der Waals surface area contributed by atoms with Crippen molar-refractivity contribution in [1.29, 1.82) is 0 Å². The Labute approximate surface area is 138 Å². The third-order valence-electron chi connectivity index (χ3n) is 4.54. The number of aromatic nitrogens is 3. The molecule has 0 unspecified atom stereocenters. The van der Waals surface area contributed by atoms with Crippen LogP contribution in [0.5, 0.6) is 0 Å². The number of nitrogens with two attached hydrogens (primary N) is 1. The van der Waals surface area contributed by atoms with E-state index in [1.807, 2.05) is 20.0 Å². The number of hydrogen-bond donors (Lipinski definition) is 1. The molecule has 0 radical (unpaired) electrons. The van der Waals surface area contributed by atoms with Crippen molar-refractivity contribution in [2.75, 3.05) is 5.73 Å². The van der Waals surface area contributed by atoms with E-state index < -0.39 is 17.6 Å². The van der Waals surface area contributed by atoms with Gasteiger partial charge in [0.1, 0.15) is 11.6 Å². The summed E-state index contributed by atoms with van der Waals surface area (Å²) < 4.78 is 41.3. The third-order valence-corrected chi connectivity index (χ3v) is 4.54. The first kappa shape index (κ1) is 16.8. The summed E-state index contributed by atoms with van der Waals surface area (Å²) in [6.45, 7) is 6.27. The lowest BCUT2D eigenvalue weighted by Crippen LogP contribution is -2.25. The van der Waals surface area contributed by atoms with Gasteiger partial charge < -0.3 is 10.3 Å². The molecule has 2 aromatic rings. The predicted molar refractivity (Wildman–Crippen MR) is 86.4 cm³/mol. The number of halogens is 3. The topological polar surface area (TPSA) is 56.7 Å². The van der Waals surface area contributed by atoms with Gasteiger partial charge in [0.25, 0.3) is 0 Å². The minimum atomic E-state index is -4.53. The molecule has 2 N–H and O–H groups in total. The number of nitrogen functional groups attached to an aromatic ring is 1. The van der Waals surface area contributed by atoms with Gasteiger partial charge in [-0.2, -0.15) is 13.2 Å². The zero-order valence-electron chi connectivity index (χ0n) is 13.9. The highest BCUT2D eigenvalue weighted by atomic mass is 19.4. The van der Waals surface area contributed by atoms with Crippen molar-refractivity contribution >= 4 is 5.82 Å². The van der Waals surface area contributed by atoms with E-state index in [2.05, 4.69) is 21.5 Å². The summed E-state index contributed by atoms with van der Waals surface area (Å²) in [5.74, 6) is 1.25. The van der Waals surface area contributed by atoms with Crippen LogP contribution in [0.2, 0.25) is 0 Å².